The molecule has 1 heterocycles. The van der Waals surface area contributed by atoms with Crippen LogP contribution in [0.15, 0.2) is 36.5 Å². The van der Waals surface area contributed by atoms with E-state index < -0.39 is 7.60 Å². The summed E-state index contributed by atoms with van der Waals surface area (Å²) in [6, 6.07) is 9.87. The van der Waals surface area contributed by atoms with Gasteiger partial charge in [0.25, 0.3) is 0 Å². The molecule has 0 amide bonds. The fraction of sp³-hybridized carbons (Fsp3) is 0.357. The van der Waals surface area contributed by atoms with E-state index in [1.807, 2.05) is 30.3 Å². The first-order chi connectivity index (χ1) is 9.17. The molecule has 0 saturated carbocycles. The Morgan fingerprint density at radius 3 is 2.37 bits per heavy atom. The van der Waals surface area contributed by atoms with E-state index in [2.05, 4.69) is 4.98 Å². The minimum absolute atomic E-state index is 0.208. The van der Waals surface area contributed by atoms with Gasteiger partial charge in [-0.15, -0.1) is 0 Å². The maximum atomic E-state index is 12.4. The number of rotatable bonds is 6. The molecule has 0 atom stereocenters. The monoisotopic (exact) mass is 279 g/mol. The van der Waals surface area contributed by atoms with Gasteiger partial charge in [-0.05, 0) is 25.3 Å². The molecular formula is C14H18NO3P. The molecular weight excluding hydrogens is 261 g/mol. The molecule has 0 unspecified atom stereocenters. The van der Waals surface area contributed by atoms with Gasteiger partial charge in [0.1, 0.15) is 0 Å². The molecule has 0 aliphatic heterocycles. The molecule has 1 aromatic heterocycles. The van der Waals surface area contributed by atoms with Crippen molar-refractivity contribution in [1.82, 2.24) is 4.98 Å². The molecule has 5 heteroatoms. The smallest absolute Gasteiger partial charge is 0.309 e. The molecule has 4 nitrogen and oxygen atoms in total. The highest BCUT2D eigenvalue weighted by Crippen LogP contribution is 2.51. The van der Waals surface area contributed by atoms with E-state index in [9.17, 15) is 4.57 Å². The summed E-state index contributed by atoms with van der Waals surface area (Å²) in [5, 5.41) is 2.14. The predicted molar refractivity (Wildman–Crippen MR) is 76.3 cm³/mol. The first-order valence-corrected chi connectivity index (χ1v) is 8.11. The number of fused-ring (bicyclic) bond motifs is 1. The Morgan fingerprint density at radius 2 is 1.74 bits per heavy atom. The SMILES string of the molecule is CCOP(=O)(Cc1cc2ccccc2cn1)OCC. The largest absolute Gasteiger partial charge is 0.336 e. The Hall–Kier alpha value is -1.22. The van der Waals surface area contributed by atoms with Crippen LogP contribution in [0.1, 0.15) is 19.5 Å². The van der Waals surface area contributed by atoms with E-state index in [1.54, 1.807) is 20.0 Å². The van der Waals surface area contributed by atoms with Gasteiger partial charge in [-0.25, -0.2) is 0 Å². The molecule has 0 bridgehead atoms. The summed E-state index contributed by atoms with van der Waals surface area (Å²) in [5.41, 5.74) is 0.726. The van der Waals surface area contributed by atoms with Crippen LogP contribution in [-0.2, 0) is 19.8 Å². The summed E-state index contributed by atoms with van der Waals surface area (Å²) in [6.07, 6.45) is 1.99. The topological polar surface area (TPSA) is 48.4 Å². The second-order valence-electron chi connectivity index (χ2n) is 4.13. The lowest BCUT2D eigenvalue weighted by atomic mass is 10.1. The number of hydrogen-bond acceptors (Lipinski definition) is 4. The van der Waals surface area contributed by atoms with Crippen molar-refractivity contribution in [3.8, 4) is 0 Å². The summed E-state index contributed by atoms with van der Waals surface area (Å²) < 4.78 is 23.0. The average Bonchev–Trinajstić information content (AvgIpc) is 2.39. The number of hydrogen-bond donors (Lipinski definition) is 0. The van der Waals surface area contributed by atoms with Crippen LogP contribution in [0.4, 0.5) is 0 Å². The Labute approximate surface area is 113 Å². The molecule has 0 aliphatic carbocycles. The number of benzene rings is 1. The normalized spacial score (nSPS) is 11.9. The Kier molecular flexibility index (Phi) is 4.70. The molecule has 0 N–H and O–H groups in total. The van der Waals surface area contributed by atoms with Gasteiger partial charge in [-0.2, -0.15) is 0 Å². The van der Waals surface area contributed by atoms with Crippen LogP contribution in [0.2, 0.25) is 0 Å². The molecule has 19 heavy (non-hydrogen) atoms. The second kappa shape index (κ2) is 6.29. The standard InChI is InChI=1S/C14H18NO3P/c1-3-17-19(16,18-4-2)11-14-9-12-7-5-6-8-13(12)10-15-14/h5-10H,3-4,11H2,1-2H3. The third kappa shape index (κ3) is 3.63. The molecule has 2 aromatic rings. The van der Waals surface area contributed by atoms with Crippen molar-refractivity contribution < 1.29 is 13.6 Å². The number of nitrogens with zero attached hydrogens (tertiary/aromatic N) is 1. The zero-order chi connectivity index (χ0) is 13.7. The van der Waals surface area contributed by atoms with E-state index in [-0.39, 0.29) is 6.16 Å². The van der Waals surface area contributed by atoms with Crippen LogP contribution < -0.4 is 0 Å². The van der Waals surface area contributed by atoms with Crippen molar-refractivity contribution in [2.75, 3.05) is 13.2 Å². The van der Waals surface area contributed by atoms with Crippen molar-refractivity contribution in [2.45, 2.75) is 20.0 Å². The number of pyridine rings is 1. The van der Waals surface area contributed by atoms with E-state index in [0.29, 0.717) is 13.2 Å². The van der Waals surface area contributed by atoms with Gasteiger partial charge in [0.15, 0.2) is 0 Å². The molecule has 102 valence electrons. The van der Waals surface area contributed by atoms with Gasteiger partial charge >= 0.3 is 7.60 Å². The molecule has 1 aromatic carbocycles. The summed E-state index contributed by atoms with van der Waals surface area (Å²) >= 11 is 0. The van der Waals surface area contributed by atoms with E-state index >= 15 is 0 Å². The van der Waals surface area contributed by atoms with Crippen LogP contribution in [0.25, 0.3) is 10.8 Å². The third-order valence-electron chi connectivity index (χ3n) is 2.69. The zero-order valence-electron chi connectivity index (χ0n) is 11.2. The summed E-state index contributed by atoms with van der Waals surface area (Å²) in [4.78, 5) is 4.32. The third-order valence-corrected chi connectivity index (χ3v) is 4.71. The van der Waals surface area contributed by atoms with E-state index in [4.69, 9.17) is 9.05 Å². The van der Waals surface area contributed by atoms with E-state index in [0.717, 1.165) is 16.5 Å². The first kappa shape index (κ1) is 14.2. The number of aromatic nitrogens is 1. The van der Waals surface area contributed by atoms with Crippen LogP contribution >= 0.6 is 7.60 Å². The van der Waals surface area contributed by atoms with Crippen molar-refractivity contribution in [3.05, 3.63) is 42.2 Å². The Morgan fingerprint density at radius 1 is 1.11 bits per heavy atom. The summed E-state index contributed by atoms with van der Waals surface area (Å²) in [6.45, 7) is 4.34. The zero-order valence-corrected chi connectivity index (χ0v) is 12.1. The molecule has 0 aliphatic rings. The Bertz CT molecular complexity index is 590. The van der Waals surface area contributed by atoms with Crippen LogP contribution in [0.5, 0.6) is 0 Å². The fourth-order valence-corrected chi connectivity index (χ4v) is 3.55. The van der Waals surface area contributed by atoms with Gasteiger partial charge in [-0.3, -0.25) is 9.55 Å². The van der Waals surface area contributed by atoms with Crippen molar-refractivity contribution in [3.63, 3.8) is 0 Å². The van der Waals surface area contributed by atoms with Gasteiger partial charge in [0.2, 0.25) is 0 Å². The van der Waals surface area contributed by atoms with Gasteiger partial charge in [0, 0.05) is 11.6 Å². The lowest BCUT2D eigenvalue weighted by Crippen LogP contribution is -2.00. The maximum Gasteiger partial charge on any atom is 0.336 e. The van der Waals surface area contributed by atoms with Crippen molar-refractivity contribution in [1.29, 1.82) is 0 Å². The average molecular weight is 279 g/mol. The quantitative estimate of drug-likeness (QED) is 0.750. The Balaban J connectivity index is 2.26. The fourth-order valence-electron chi connectivity index (χ4n) is 1.94. The van der Waals surface area contributed by atoms with Gasteiger partial charge in [-0.1, -0.05) is 24.3 Å². The highest BCUT2D eigenvalue weighted by atomic mass is 31.2. The predicted octanol–water partition coefficient (Wildman–Crippen LogP) is 4.00. The minimum Gasteiger partial charge on any atom is -0.309 e. The maximum absolute atomic E-state index is 12.4. The lowest BCUT2D eigenvalue weighted by Gasteiger charge is -2.16. The molecule has 2 rings (SSSR count). The highest BCUT2D eigenvalue weighted by molar-refractivity contribution is 7.53. The summed E-state index contributed by atoms with van der Waals surface area (Å²) in [7, 11) is -3.08. The van der Waals surface area contributed by atoms with Crippen LogP contribution in [-0.4, -0.2) is 18.2 Å². The molecule has 0 radical (unpaired) electrons. The lowest BCUT2D eigenvalue weighted by molar-refractivity contribution is 0.219. The van der Waals surface area contributed by atoms with Gasteiger partial charge < -0.3 is 9.05 Å². The highest BCUT2D eigenvalue weighted by Gasteiger charge is 2.24. The van der Waals surface area contributed by atoms with E-state index in [1.165, 1.54) is 0 Å². The summed E-state index contributed by atoms with van der Waals surface area (Å²) in [5.74, 6) is 0. The molecule has 0 fully saturated rings. The van der Waals surface area contributed by atoms with Crippen molar-refractivity contribution in [2.24, 2.45) is 0 Å². The second-order valence-corrected chi connectivity index (χ2v) is 6.18. The van der Waals surface area contributed by atoms with Gasteiger partial charge in [0.05, 0.1) is 25.1 Å². The van der Waals surface area contributed by atoms with Crippen LogP contribution in [0.3, 0.4) is 0 Å². The minimum atomic E-state index is -3.08. The van der Waals surface area contributed by atoms with Crippen LogP contribution in [0, 0.1) is 0 Å². The van der Waals surface area contributed by atoms with Crippen molar-refractivity contribution >= 4 is 18.4 Å². The molecule has 0 spiro atoms. The molecule has 0 saturated heterocycles. The first-order valence-electron chi connectivity index (χ1n) is 6.38.